The quantitative estimate of drug-likeness (QED) is 0.590. The Morgan fingerprint density at radius 2 is 2.15 bits per heavy atom. The van der Waals surface area contributed by atoms with Crippen LogP contribution >= 0.6 is 0 Å². The summed E-state index contributed by atoms with van der Waals surface area (Å²) in [5.74, 6) is 2.97. The van der Waals surface area contributed by atoms with Crippen LogP contribution in [-0.4, -0.2) is 13.5 Å². The van der Waals surface area contributed by atoms with Crippen molar-refractivity contribution in [2.24, 2.45) is 11.8 Å². The monoisotopic (exact) mass is 180 g/mol. The zero-order valence-electron chi connectivity index (χ0n) is 8.96. The second-order valence-electron chi connectivity index (χ2n) is 4.71. The van der Waals surface area contributed by atoms with Gasteiger partial charge in [-0.1, -0.05) is 39.5 Å². The SMILES string of the molecule is CCCCB1OC[C@@H]2[C@H](CCC)[C@H]12. The lowest BCUT2D eigenvalue weighted by atomic mass is 9.58. The topological polar surface area (TPSA) is 9.23 Å². The lowest BCUT2D eigenvalue weighted by Crippen LogP contribution is -2.16. The molecule has 1 saturated heterocycles. The zero-order chi connectivity index (χ0) is 9.26. The van der Waals surface area contributed by atoms with Crippen LogP contribution in [0.1, 0.15) is 39.5 Å². The van der Waals surface area contributed by atoms with Gasteiger partial charge < -0.3 is 4.65 Å². The molecular formula is C11H21BO. The van der Waals surface area contributed by atoms with E-state index in [2.05, 4.69) is 13.8 Å². The van der Waals surface area contributed by atoms with Crippen molar-refractivity contribution in [2.45, 2.75) is 51.7 Å². The van der Waals surface area contributed by atoms with E-state index in [-0.39, 0.29) is 0 Å². The lowest BCUT2D eigenvalue weighted by Gasteiger charge is -2.10. The average Bonchev–Trinajstić information content (AvgIpc) is 2.66. The Balaban J connectivity index is 1.75. The van der Waals surface area contributed by atoms with Gasteiger partial charge >= 0.3 is 0 Å². The van der Waals surface area contributed by atoms with E-state index in [4.69, 9.17) is 4.65 Å². The first kappa shape index (κ1) is 9.58. The molecule has 1 nitrogen and oxygen atoms in total. The molecule has 0 aromatic rings. The molecule has 1 saturated carbocycles. The fraction of sp³-hybridized carbons (Fsp3) is 1.00. The maximum absolute atomic E-state index is 5.79. The van der Waals surface area contributed by atoms with Crippen molar-refractivity contribution in [1.29, 1.82) is 0 Å². The van der Waals surface area contributed by atoms with Crippen molar-refractivity contribution < 1.29 is 4.65 Å². The largest absolute Gasteiger partial charge is 0.435 e. The van der Waals surface area contributed by atoms with Crippen LogP contribution in [0.3, 0.4) is 0 Å². The van der Waals surface area contributed by atoms with Crippen LogP contribution in [-0.2, 0) is 4.65 Å². The highest BCUT2D eigenvalue weighted by atomic mass is 16.4. The average molecular weight is 180 g/mol. The lowest BCUT2D eigenvalue weighted by molar-refractivity contribution is 0.309. The van der Waals surface area contributed by atoms with Crippen LogP contribution in [0.5, 0.6) is 0 Å². The summed E-state index contributed by atoms with van der Waals surface area (Å²) in [5.41, 5.74) is 0. The molecule has 2 fully saturated rings. The van der Waals surface area contributed by atoms with Crippen LogP contribution in [0.4, 0.5) is 0 Å². The summed E-state index contributed by atoms with van der Waals surface area (Å²) < 4.78 is 5.79. The van der Waals surface area contributed by atoms with Gasteiger partial charge in [-0.2, -0.15) is 0 Å². The van der Waals surface area contributed by atoms with Gasteiger partial charge in [0.2, 0.25) is 0 Å². The fourth-order valence-corrected chi connectivity index (χ4v) is 3.03. The summed E-state index contributed by atoms with van der Waals surface area (Å²) >= 11 is 0. The molecule has 2 heteroatoms. The number of hydrogen-bond donors (Lipinski definition) is 0. The van der Waals surface area contributed by atoms with E-state index in [0.29, 0.717) is 6.92 Å². The van der Waals surface area contributed by atoms with Gasteiger partial charge in [-0.05, 0) is 24.0 Å². The van der Waals surface area contributed by atoms with E-state index in [0.717, 1.165) is 24.3 Å². The highest BCUT2D eigenvalue weighted by Gasteiger charge is 2.59. The van der Waals surface area contributed by atoms with Crippen LogP contribution in [0, 0.1) is 11.8 Å². The predicted molar refractivity (Wildman–Crippen MR) is 57.1 cm³/mol. The molecule has 0 radical (unpaired) electrons. The van der Waals surface area contributed by atoms with Gasteiger partial charge in [0.15, 0.2) is 0 Å². The first-order chi connectivity index (χ1) is 6.38. The summed E-state index contributed by atoms with van der Waals surface area (Å²) in [4.78, 5) is 0. The first-order valence-corrected chi connectivity index (χ1v) is 6.00. The summed E-state index contributed by atoms with van der Waals surface area (Å²) in [6.45, 7) is 6.28. The number of hydrogen-bond acceptors (Lipinski definition) is 1. The molecule has 2 aliphatic rings. The Kier molecular flexibility index (Phi) is 2.97. The molecule has 0 amide bonds. The highest BCUT2D eigenvalue weighted by Crippen LogP contribution is 2.61. The smallest absolute Gasteiger partial charge is 0.296 e. The van der Waals surface area contributed by atoms with E-state index in [1.54, 1.807) is 0 Å². The van der Waals surface area contributed by atoms with E-state index < -0.39 is 0 Å². The van der Waals surface area contributed by atoms with Gasteiger partial charge in [0.25, 0.3) is 6.92 Å². The number of fused-ring (bicyclic) bond motifs is 1. The number of unbranched alkanes of at least 4 members (excludes halogenated alkanes) is 1. The first-order valence-electron chi connectivity index (χ1n) is 6.00. The minimum absolute atomic E-state index is 0.640. The van der Waals surface area contributed by atoms with E-state index >= 15 is 0 Å². The highest BCUT2D eigenvalue weighted by molar-refractivity contribution is 6.55. The van der Waals surface area contributed by atoms with Crippen LogP contribution < -0.4 is 0 Å². The summed E-state index contributed by atoms with van der Waals surface area (Å²) in [6, 6.07) is 0. The molecule has 3 atom stereocenters. The second-order valence-corrected chi connectivity index (χ2v) is 4.71. The van der Waals surface area contributed by atoms with Gasteiger partial charge in [-0.25, -0.2) is 0 Å². The third kappa shape index (κ3) is 1.78. The second kappa shape index (κ2) is 4.04. The Morgan fingerprint density at radius 3 is 2.85 bits per heavy atom. The molecule has 13 heavy (non-hydrogen) atoms. The third-order valence-electron chi connectivity index (χ3n) is 3.79. The van der Waals surface area contributed by atoms with Gasteiger partial charge in [0.1, 0.15) is 0 Å². The van der Waals surface area contributed by atoms with Gasteiger partial charge in [0, 0.05) is 6.61 Å². The number of rotatable bonds is 5. The molecule has 2 rings (SSSR count). The molecule has 0 bridgehead atoms. The summed E-state index contributed by atoms with van der Waals surface area (Å²) in [5, 5.41) is 0. The Hall–Kier alpha value is 0.0249. The third-order valence-corrected chi connectivity index (χ3v) is 3.79. The maximum Gasteiger partial charge on any atom is 0.296 e. The molecule has 74 valence electrons. The Morgan fingerprint density at radius 1 is 1.31 bits per heavy atom. The molecule has 0 aromatic carbocycles. The normalized spacial score (nSPS) is 36.5. The minimum atomic E-state index is 0.640. The molecular weight excluding hydrogens is 159 g/mol. The van der Waals surface area contributed by atoms with E-state index in [1.807, 2.05) is 0 Å². The van der Waals surface area contributed by atoms with Crippen molar-refractivity contribution in [1.82, 2.24) is 0 Å². The summed E-state index contributed by atoms with van der Waals surface area (Å²) in [6.07, 6.45) is 6.79. The van der Waals surface area contributed by atoms with Crippen molar-refractivity contribution in [3.63, 3.8) is 0 Å². The molecule has 1 aliphatic heterocycles. The Bertz CT molecular complexity index is 171. The van der Waals surface area contributed by atoms with Crippen molar-refractivity contribution in [3.8, 4) is 0 Å². The van der Waals surface area contributed by atoms with Gasteiger partial charge in [-0.15, -0.1) is 0 Å². The molecule has 0 unspecified atom stereocenters. The van der Waals surface area contributed by atoms with Crippen LogP contribution in [0.2, 0.25) is 12.1 Å². The fourth-order valence-electron chi connectivity index (χ4n) is 3.03. The zero-order valence-corrected chi connectivity index (χ0v) is 8.96. The Labute approximate surface area is 82.3 Å². The standard InChI is InChI=1S/C11H21BO/c1-3-5-7-12-11-9(6-4-2)10(11)8-13-12/h9-11H,3-8H2,1-2H3/t9-,10+,11-/m0/s1. The maximum atomic E-state index is 5.79. The molecule has 0 aromatic heterocycles. The minimum Gasteiger partial charge on any atom is -0.435 e. The molecule has 0 spiro atoms. The van der Waals surface area contributed by atoms with Crippen LogP contribution in [0.25, 0.3) is 0 Å². The van der Waals surface area contributed by atoms with E-state index in [9.17, 15) is 0 Å². The van der Waals surface area contributed by atoms with Gasteiger partial charge in [0.05, 0.1) is 0 Å². The summed E-state index contributed by atoms with van der Waals surface area (Å²) in [7, 11) is 0. The molecule has 0 N–H and O–H groups in total. The molecule has 1 heterocycles. The van der Waals surface area contributed by atoms with Gasteiger partial charge in [-0.3, -0.25) is 0 Å². The van der Waals surface area contributed by atoms with Crippen molar-refractivity contribution >= 4 is 6.92 Å². The van der Waals surface area contributed by atoms with Crippen molar-refractivity contribution in [2.75, 3.05) is 6.61 Å². The van der Waals surface area contributed by atoms with Crippen molar-refractivity contribution in [3.05, 3.63) is 0 Å². The predicted octanol–water partition coefficient (Wildman–Crippen LogP) is 3.22. The molecule has 1 aliphatic carbocycles. The van der Waals surface area contributed by atoms with Crippen LogP contribution in [0.15, 0.2) is 0 Å². The van der Waals surface area contributed by atoms with E-state index in [1.165, 1.54) is 32.0 Å².